The predicted molar refractivity (Wildman–Crippen MR) is 66.6 cm³/mol. The Morgan fingerprint density at radius 1 is 1.00 bits per heavy atom. The molecule has 1 heterocycles. The van der Waals surface area contributed by atoms with Gasteiger partial charge in [0.15, 0.2) is 0 Å². The SMILES string of the molecule is NC(=O)N(N)c1nc(N(N)C(N)=O)c(N=O)[n+]([O-])c1N=O. The molecule has 15 nitrogen and oxygen atoms in total. The third-order valence-corrected chi connectivity index (χ3v) is 2.10. The molecule has 0 unspecified atom stereocenters. The van der Waals surface area contributed by atoms with Crippen molar-refractivity contribution in [3.63, 3.8) is 0 Å². The van der Waals surface area contributed by atoms with Crippen molar-refractivity contribution in [1.82, 2.24) is 4.98 Å². The molecule has 21 heavy (non-hydrogen) atoms. The van der Waals surface area contributed by atoms with Crippen LogP contribution in [0.3, 0.4) is 0 Å². The van der Waals surface area contributed by atoms with Crippen LogP contribution < -0.4 is 37.9 Å². The molecular weight excluding hydrogens is 292 g/mol. The lowest BCUT2D eigenvalue weighted by Crippen LogP contribution is -2.47. The number of nitrogens with two attached hydrogens (primary N) is 4. The topological polar surface area (TPSA) is 243 Å². The number of rotatable bonds is 4. The minimum Gasteiger partial charge on any atom is -0.739 e. The summed E-state index contributed by atoms with van der Waals surface area (Å²) in [6.45, 7) is 0. The van der Waals surface area contributed by atoms with Gasteiger partial charge in [-0.15, -0.1) is 0 Å². The fraction of sp³-hybridized carbons (Fsp3) is 0. The van der Waals surface area contributed by atoms with Crippen molar-refractivity contribution < 1.29 is 14.3 Å². The van der Waals surface area contributed by atoms with Gasteiger partial charge in [-0.3, -0.25) is 0 Å². The summed E-state index contributed by atoms with van der Waals surface area (Å²) in [5.74, 6) is 6.42. The van der Waals surface area contributed by atoms with Gasteiger partial charge in [0.25, 0.3) is 0 Å². The number of urea groups is 2. The van der Waals surface area contributed by atoms with E-state index in [4.69, 9.17) is 23.2 Å². The maximum atomic E-state index is 11.7. The van der Waals surface area contributed by atoms with Crippen LogP contribution in [0.5, 0.6) is 0 Å². The lowest BCUT2D eigenvalue weighted by atomic mass is 10.5. The number of amides is 4. The zero-order valence-electron chi connectivity index (χ0n) is 10.0. The molecule has 112 valence electrons. The van der Waals surface area contributed by atoms with Crippen molar-refractivity contribution in [2.75, 3.05) is 10.0 Å². The molecule has 0 spiro atoms. The van der Waals surface area contributed by atoms with E-state index in [2.05, 4.69) is 15.3 Å². The van der Waals surface area contributed by atoms with Crippen LogP contribution in [-0.4, -0.2) is 17.0 Å². The Morgan fingerprint density at radius 2 is 1.33 bits per heavy atom. The normalized spacial score (nSPS) is 9.81. The lowest BCUT2D eigenvalue weighted by Gasteiger charge is -2.19. The van der Waals surface area contributed by atoms with Crippen molar-refractivity contribution in [2.24, 2.45) is 33.5 Å². The van der Waals surface area contributed by atoms with Crippen molar-refractivity contribution in [3.8, 4) is 0 Å². The molecule has 15 heteroatoms. The Kier molecular flexibility index (Phi) is 4.21. The Balaban J connectivity index is 3.74. The Labute approximate surface area is 114 Å². The van der Waals surface area contributed by atoms with E-state index in [1.54, 1.807) is 0 Å². The molecule has 1 rings (SSSR count). The van der Waals surface area contributed by atoms with Crippen LogP contribution in [0.15, 0.2) is 10.4 Å². The molecule has 0 saturated carbocycles. The first kappa shape index (κ1) is 15.6. The van der Waals surface area contributed by atoms with Crippen LogP contribution in [0.25, 0.3) is 0 Å². The third-order valence-electron chi connectivity index (χ3n) is 2.10. The number of primary amides is 2. The average molecular weight is 300 g/mol. The molecule has 0 aromatic carbocycles. The van der Waals surface area contributed by atoms with Crippen molar-refractivity contribution >= 4 is 35.3 Å². The molecule has 4 amide bonds. The summed E-state index contributed by atoms with van der Waals surface area (Å²) in [5.41, 5.74) is 9.69. The molecule has 0 bridgehead atoms. The highest BCUT2D eigenvalue weighted by Crippen LogP contribution is 2.30. The van der Waals surface area contributed by atoms with Crippen LogP contribution in [0, 0.1) is 15.0 Å². The number of hydrogen-bond acceptors (Lipinski definition) is 10. The van der Waals surface area contributed by atoms with Crippen molar-refractivity contribution in [1.29, 1.82) is 0 Å². The minimum atomic E-state index is -1.33. The lowest BCUT2D eigenvalue weighted by molar-refractivity contribution is -0.577. The monoisotopic (exact) mass is 300 g/mol. The highest BCUT2D eigenvalue weighted by molar-refractivity contribution is 5.93. The van der Waals surface area contributed by atoms with Crippen LogP contribution in [0.4, 0.5) is 32.9 Å². The van der Waals surface area contributed by atoms with Crippen LogP contribution in [-0.2, 0) is 0 Å². The van der Waals surface area contributed by atoms with Gasteiger partial charge in [0.05, 0.1) is 0 Å². The Hall–Kier alpha value is -3.46. The summed E-state index contributed by atoms with van der Waals surface area (Å²) in [7, 11) is 0. The maximum Gasteiger partial charge on any atom is 0.356 e. The molecule has 0 atom stereocenters. The highest BCUT2D eigenvalue weighted by Gasteiger charge is 2.31. The summed E-state index contributed by atoms with van der Waals surface area (Å²) < 4.78 is -0.441. The van der Waals surface area contributed by atoms with Gasteiger partial charge in [-0.2, -0.15) is 4.98 Å². The van der Waals surface area contributed by atoms with E-state index in [0.717, 1.165) is 0 Å². The van der Waals surface area contributed by atoms with Gasteiger partial charge in [-0.1, -0.05) is 9.81 Å². The second kappa shape index (κ2) is 5.67. The van der Waals surface area contributed by atoms with E-state index < -0.39 is 40.1 Å². The van der Waals surface area contributed by atoms with Crippen LogP contribution in [0.1, 0.15) is 0 Å². The number of nitrogens with zero attached hydrogens (tertiary/aromatic N) is 6. The second-order valence-electron chi connectivity index (χ2n) is 3.30. The molecule has 0 aliphatic rings. The zero-order chi connectivity index (χ0) is 16.3. The van der Waals surface area contributed by atoms with Gasteiger partial charge < -0.3 is 16.7 Å². The third kappa shape index (κ3) is 2.62. The summed E-state index contributed by atoms with van der Waals surface area (Å²) in [6, 6.07) is -2.65. The summed E-state index contributed by atoms with van der Waals surface area (Å²) in [4.78, 5) is 46.6. The number of carbonyl (C=O) groups is 2. The van der Waals surface area contributed by atoms with Gasteiger partial charge in [-0.05, 0) is 0 Å². The molecule has 0 aliphatic carbocycles. The highest BCUT2D eigenvalue weighted by atomic mass is 16.5. The summed E-state index contributed by atoms with van der Waals surface area (Å²) >= 11 is 0. The molecule has 0 fully saturated rings. The molecule has 0 saturated heterocycles. The first-order valence-corrected chi connectivity index (χ1v) is 4.79. The molecule has 0 radical (unpaired) electrons. The molecule has 1 aromatic rings. The number of hydrogen-bond donors (Lipinski definition) is 4. The minimum absolute atomic E-state index is 0.0675. The van der Waals surface area contributed by atoms with Gasteiger partial charge in [-0.25, -0.2) is 36.0 Å². The fourth-order valence-corrected chi connectivity index (χ4v) is 1.17. The largest absolute Gasteiger partial charge is 0.739 e. The van der Waals surface area contributed by atoms with Crippen molar-refractivity contribution in [2.45, 2.75) is 0 Å². The molecular formula is C6H8N10O5. The smallest absolute Gasteiger partial charge is 0.356 e. The van der Waals surface area contributed by atoms with E-state index in [0.29, 0.717) is 0 Å². The molecule has 1 aromatic heterocycles. The first-order valence-electron chi connectivity index (χ1n) is 4.79. The summed E-state index contributed by atoms with van der Waals surface area (Å²) in [6.07, 6.45) is 0. The van der Waals surface area contributed by atoms with Gasteiger partial charge in [0, 0.05) is 0 Å². The van der Waals surface area contributed by atoms with Gasteiger partial charge >= 0.3 is 23.7 Å². The first-order chi connectivity index (χ1) is 9.76. The average Bonchev–Trinajstić information content (AvgIpc) is 2.44. The van der Waals surface area contributed by atoms with Gasteiger partial charge in [0.2, 0.25) is 11.6 Å². The van der Waals surface area contributed by atoms with Crippen LogP contribution in [0.2, 0.25) is 0 Å². The fourth-order valence-electron chi connectivity index (χ4n) is 1.17. The van der Waals surface area contributed by atoms with Crippen LogP contribution >= 0.6 is 0 Å². The van der Waals surface area contributed by atoms with Gasteiger partial charge in [0.1, 0.15) is 10.4 Å². The summed E-state index contributed by atoms with van der Waals surface area (Å²) in [5, 5.41) is 16.4. The Bertz CT molecular complexity index is 581. The molecule has 8 N–H and O–H groups in total. The Morgan fingerprint density at radius 3 is 1.57 bits per heavy atom. The number of anilines is 2. The second-order valence-corrected chi connectivity index (χ2v) is 3.30. The van der Waals surface area contributed by atoms with Crippen molar-refractivity contribution in [3.05, 3.63) is 15.0 Å². The quantitative estimate of drug-likeness (QED) is 0.121. The maximum absolute atomic E-state index is 11.7. The van der Waals surface area contributed by atoms with E-state index in [1.165, 1.54) is 0 Å². The number of carbonyl (C=O) groups excluding carboxylic acids is 2. The number of hydrazine groups is 2. The van der Waals surface area contributed by atoms with E-state index in [-0.39, 0.29) is 10.0 Å². The van der Waals surface area contributed by atoms with E-state index in [9.17, 15) is 24.6 Å². The standard InChI is InChI=1S/C6H8N10O5/c7-5(17)14(9)1-3(12-19)16(21)4(13-20)2(11-1)15(10)6(8)18/h9-10H2,(H2,7,17)(H2,8,18). The van der Waals surface area contributed by atoms with E-state index in [1.807, 2.05) is 0 Å². The molecule has 0 aliphatic heterocycles. The zero-order valence-corrected chi connectivity index (χ0v) is 10.0. The number of aromatic nitrogens is 2. The predicted octanol–water partition coefficient (Wildman–Crippen LogP) is -1.97. The van der Waals surface area contributed by atoms with E-state index >= 15 is 0 Å². The number of nitroso groups, excluding NO2 is 2.